The fourth-order valence-electron chi connectivity index (χ4n) is 4.73. The smallest absolute Gasteiger partial charge is 0.225 e. The molecule has 0 aromatic carbocycles. The lowest BCUT2D eigenvalue weighted by Crippen LogP contribution is -2.51. The highest BCUT2D eigenvalue weighted by atomic mass is 16.5. The highest BCUT2D eigenvalue weighted by Crippen LogP contribution is 2.29. The maximum atomic E-state index is 13.3. The summed E-state index contributed by atoms with van der Waals surface area (Å²) in [6, 6.07) is 0.253. The van der Waals surface area contributed by atoms with Gasteiger partial charge in [0, 0.05) is 40.1 Å². The van der Waals surface area contributed by atoms with E-state index < -0.39 is 0 Å². The first-order valence-corrected chi connectivity index (χ1v) is 11.1. The molecule has 1 aliphatic rings. The molecule has 0 aromatic heterocycles. The van der Waals surface area contributed by atoms with Crippen molar-refractivity contribution in [2.45, 2.75) is 77.7 Å². The molecular formula is C23H45N3O3. The van der Waals surface area contributed by atoms with Crippen LogP contribution >= 0.6 is 0 Å². The van der Waals surface area contributed by atoms with Crippen molar-refractivity contribution < 1.29 is 14.3 Å². The first-order chi connectivity index (χ1) is 13.7. The van der Waals surface area contributed by atoms with Gasteiger partial charge < -0.3 is 24.6 Å². The normalized spacial score (nSPS) is 21.1. The number of ether oxygens (including phenoxy) is 2. The fourth-order valence-corrected chi connectivity index (χ4v) is 4.73. The summed E-state index contributed by atoms with van der Waals surface area (Å²) in [5, 5.41) is 3.17. The monoisotopic (exact) mass is 411 g/mol. The van der Waals surface area contributed by atoms with Gasteiger partial charge in [-0.1, -0.05) is 40.7 Å². The van der Waals surface area contributed by atoms with Crippen molar-refractivity contribution in [3.8, 4) is 0 Å². The number of carbonyl (C=O) groups is 1. The van der Waals surface area contributed by atoms with Gasteiger partial charge in [0.2, 0.25) is 5.91 Å². The van der Waals surface area contributed by atoms with Crippen LogP contribution in [0.2, 0.25) is 0 Å². The lowest BCUT2D eigenvalue weighted by molar-refractivity contribution is -0.139. The topological polar surface area (TPSA) is 54.0 Å². The summed E-state index contributed by atoms with van der Waals surface area (Å²) < 4.78 is 11.7. The minimum absolute atomic E-state index is 0.0749. The zero-order valence-electron chi connectivity index (χ0n) is 20.0. The first kappa shape index (κ1) is 25.9. The zero-order chi connectivity index (χ0) is 22.1. The number of nitrogens with one attached hydrogen (secondary N) is 1. The van der Waals surface area contributed by atoms with Crippen LogP contribution in [0.3, 0.4) is 0 Å². The quantitative estimate of drug-likeness (QED) is 0.505. The molecule has 0 bridgehead atoms. The van der Waals surface area contributed by atoms with Gasteiger partial charge in [-0.05, 0) is 31.7 Å². The number of nitrogens with zero attached hydrogens (tertiary/aromatic N) is 2. The summed E-state index contributed by atoms with van der Waals surface area (Å²) in [4.78, 5) is 17.6. The second-order valence-electron chi connectivity index (χ2n) is 8.80. The number of hydrogen-bond donors (Lipinski definition) is 1. The number of carbonyl (C=O) groups excluding carboxylic acids is 1. The molecule has 1 saturated heterocycles. The maximum absolute atomic E-state index is 13.3. The molecule has 29 heavy (non-hydrogen) atoms. The van der Waals surface area contributed by atoms with Crippen LogP contribution < -0.4 is 5.32 Å². The summed E-state index contributed by atoms with van der Waals surface area (Å²) in [5.74, 6) is 0.923. The Balaban J connectivity index is 2.99. The van der Waals surface area contributed by atoms with Crippen molar-refractivity contribution in [1.29, 1.82) is 0 Å². The average Bonchev–Trinajstić information content (AvgIpc) is 3.16. The van der Waals surface area contributed by atoms with Crippen molar-refractivity contribution in [3.05, 3.63) is 12.3 Å². The molecule has 0 aliphatic carbocycles. The first-order valence-electron chi connectivity index (χ1n) is 11.1. The molecule has 1 rings (SSSR count). The Bertz CT molecular complexity index is 512. The zero-order valence-corrected chi connectivity index (χ0v) is 20.0. The standard InChI is InChI=1S/C23H45N3O3/c1-10-17(4)22(25(7)18(5)15-24-6)20(28-8)14-21(27)26-13-11-12-19(26)23(29-9)16(2)3/h16-17,19-20,22-24H,5,10-15H2,1-4,6-9H3. The Labute approximate surface area is 179 Å². The molecule has 6 heteroatoms. The van der Waals surface area contributed by atoms with Crippen molar-refractivity contribution in [2.24, 2.45) is 11.8 Å². The third kappa shape index (κ3) is 6.69. The van der Waals surface area contributed by atoms with Crippen LogP contribution in [0, 0.1) is 11.8 Å². The van der Waals surface area contributed by atoms with Crippen LogP contribution in [0.1, 0.15) is 53.4 Å². The number of rotatable bonds is 13. The van der Waals surface area contributed by atoms with Crippen LogP contribution in [-0.4, -0.2) is 81.4 Å². The van der Waals surface area contributed by atoms with Crippen molar-refractivity contribution in [2.75, 3.05) is 41.4 Å². The van der Waals surface area contributed by atoms with Crippen molar-refractivity contribution >= 4 is 5.91 Å². The SMILES string of the molecule is C=C(CNC)N(C)C(C(C)CC)C(CC(=O)N1CCCC1C(OC)C(C)C)OC. The van der Waals surface area contributed by atoms with Gasteiger partial charge in [0.25, 0.3) is 0 Å². The molecule has 5 unspecified atom stereocenters. The van der Waals surface area contributed by atoms with Gasteiger partial charge in [-0.15, -0.1) is 0 Å². The maximum Gasteiger partial charge on any atom is 0.225 e. The molecule has 1 N–H and O–H groups in total. The molecule has 170 valence electrons. The minimum Gasteiger partial charge on any atom is -0.379 e. The third-order valence-electron chi connectivity index (χ3n) is 6.54. The largest absolute Gasteiger partial charge is 0.379 e. The Morgan fingerprint density at radius 2 is 1.93 bits per heavy atom. The fraction of sp³-hybridized carbons (Fsp3) is 0.870. The van der Waals surface area contributed by atoms with Crippen LogP contribution in [0.4, 0.5) is 0 Å². The van der Waals surface area contributed by atoms with Crippen molar-refractivity contribution in [3.63, 3.8) is 0 Å². The number of likely N-dealkylation sites (tertiary alicyclic amines) is 1. The van der Waals surface area contributed by atoms with E-state index in [1.54, 1.807) is 14.2 Å². The Morgan fingerprint density at radius 3 is 2.41 bits per heavy atom. The van der Waals surface area contributed by atoms with E-state index in [2.05, 4.69) is 51.5 Å². The lowest BCUT2D eigenvalue weighted by atomic mass is 9.90. The van der Waals surface area contributed by atoms with Gasteiger partial charge in [-0.25, -0.2) is 0 Å². The van der Waals surface area contributed by atoms with Gasteiger partial charge in [0.15, 0.2) is 0 Å². The van der Waals surface area contributed by atoms with Gasteiger partial charge >= 0.3 is 0 Å². The summed E-state index contributed by atoms with van der Waals surface area (Å²) in [6.45, 7) is 14.5. The highest BCUT2D eigenvalue weighted by Gasteiger charge is 2.39. The molecule has 1 heterocycles. The molecule has 5 atom stereocenters. The predicted molar refractivity (Wildman–Crippen MR) is 120 cm³/mol. The summed E-state index contributed by atoms with van der Waals surface area (Å²) in [6.07, 6.45) is 3.33. The average molecular weight is 412 g/mol. The lowest BCUT2D eigenvalue weighted by Gasteiger charge is -2.41. The Kier molecular flexibility index (Phi) is 11.2. The van der Waals surface area contributed by atoms with E-state index in [1.165, 1.54) is 0 Å². The second-order valence-corrected chi connectivity index (χ2v) is 8.80. The Hall–Kier alpha value is -1.11. The van der Waals surface area contributed by atoms with Crippen molar-refractivity contribution in [1.82, 2.24) is 15.1 Å². The van der Waals surface area contributed by atoms with E-state index >= 15 is 0 Å². The van der Waals surface area contributed by atoms with Crippen LogP contribution in [-0.2, 0) is 14.3 Å². The van der Waals surface area contributed by atoms with Gasteiger partial charge in [-0.3, -0.25) is 4.79 Å². The molecule has 0 aromatic rings. The Morgan fingerprint density at radius 1 is 1.28 bits per heavy atom. The molecule has 0 spiro atoms. The molecule has 1 amide bonds. The van der Waals surface area contributed by atoms with E-state index in [1.807, 2.05) is 11.9 Å². The van der Waals surface area contributed by atoms with E-state index in [0.717, 1.165) is 31.5 Å². The highest BCUT2D eigenvalue weighted by molar-refractivity contribution is 5.77. The number of likely N-dealkylation sites (N-methyl/N-ethyl adjacent to an activating group) is 2. The van der Waals surface area contributed by atoms with Gasteiger partial charge in [-0.2, -0.15) is 0 Å². The summed E-state index contributed by atoms with van der Waals surface area (Å²) >= 11 is 0. The molecule has 1 fully saturated rings. The van der Waals surface area contributed by atoms with E-state index in [4.69, 9.17) is 9.47 Å². The molecule has 1 aliphatic heterocycles. The number of methoxy groups -OCH3 is 2. The van der Waals surface area contributed by atoms with Gasteiger partial charge in [0.05, 0.1) is 30.7 Å². The van der Waals surface area contributed by atoms with Gasteiger partial charge in [0.1, 0.15) is 0 Å². The summed E-state index contributed by atoms with van der Waals surface area (Å²) in [7, 11) is 7.45. The van der Waals surface area contributed by atoms with E-state index in [0.29, 0.717) is 24.8 Å². The minimum atomic E-state index is -0.183. The molecule has 0 radical (unpaired) electrons. The van der Waals surface area contributed by atoms with Crippen LogP contribution in [0.15, 0.2) is 12.3 Å². The molecular weight excluding hydrogens is 366 g/mol. The van der Waals surface area contributed by atoms with E-state index in [-0.39, 0.29) is 30.2 Å². The summed E-state index contributed by atoms with van der Waals surface area (Å²) in [5.41, 5.74) is 1.01. The number of hydrogen-bond acceptors (Lipinski definition) is 5. The third-order valence-corrected chi connectivity index (χ3v) is 6.54. The van der Waals surface area contributed by atoms with Crippen LogP contribution in [0.5, 0.6) is 0 Å². The molecule has 6 nitrogen and oxygen atoms in total. The van der Waals surface area contributed by atoms with E-state index in [9.17, 15) is 4.79 Å². The second kappa shape index (κ2) is 12.6. The van der Waals surface area contributed by atoms with Crippen LogP contribution in [0.25, 0.3) is 0 Å². The number of amides is 1. The molecule has 0 saturated carbocycles. The predicted octanol–water partition coefficient (Wildman–Crippen LogP) is 3.13.